The molecule has 4 rings (SSSR count). The van der Waals surface area contributed by atoms with Crippen LogP contribution in [-0.2, 0) is 17.7 Å². The van der Waals surface area contributed by atoms with Crippen molar-refractivity contribution in [3.63, 3.8) is 0 Å². The van der Waals surface area contributed by atoms with Crippen molar-refractivity contribution in [3.05, 3.63) is 77.6 Å². The smallest absolute Gasteiger partial charge is 0.338 e. The Labute approximate surface area is 164 Å². The first-order valence-electron chi connectivity index (χ1n) is 9.41. The van der Waals surface area contributed by atoms with Crippen LogP contribution in [0.2, 0.25) is 0 Å². The highest BCUT2D eigenvalue weighted by Crippen LogP contribution is 2.25. The van der Waals surface area contributed by atoms with Gasteiger partial charge in [0.1, 0.15) is 18.0 Å². The van der Waals surface area contributed by atoms with E-state index in [0.29, 0.717) is 18.0 Å². The SMILES string of the molecule is CCOC(=O)c1ccc(Nc2cc(N3CCc4ccccc4C3)ncn2)cc1. The van der Waals surface area contributed by atoms with Gasteiger partial charge in [-0.25, -0.2) is 14.8 Å². The van der Waals surface area contributed by atoms with Gasteiger partial charge in [0, 0.05) is 24.8 Å². The minimum Gasteiger partial charge on any atom is -0.462 e. The van der Waals surface area contributed by atoms with Crippen molar-refractivity contribution in [2.75, 3.05) is 23.4 Å². The van der Waals surface area contributed by atoms with Gasteiger partial charge in [0.25, 0.3) is 0 Å². The number of esters is 1. The quantitative estimate of drug-likeness (QED) is 0.682. The highest BCUT2D eigenvalue weighted by Gasteiger charge is 2.17. The maximum absolute atomic E-state index is 11.8. The molecule has 28 heavy (non-hydrogen) atoms. The molecular weight excluding hydrogens is 352 g/mol. The van der Waals surface area contributed by atoms with Crippen molar-refractivity contribution in [3.8, 4) is 0 Å². The minimum absolute atomic E-state index is 0.316. The average Bonchev–Trinajstić information content (AvgIpc) is 2.74. The van der Waals surface area contributed by atoms with Crippen molar-refractivity contribution in [1.82, 2.24) is 9.97 Å². The zero-order valence-corrected chi connectivity index (χ0v) is 15.8. The van der Waals surface area contributed by atoms with Gasteiger partial charge in [-0.15, -0.1) is 0 Å². The highest BCUT2D eigenvalue weighted by molar-refractivity contribution is 5.89. The number of nitrogens with one attached hydrogen (secondary N) is 1. The normalized spacial score (nSPS) is 13.0. The summed E-state index contributed by atoms with van der Waals surface area (Å²) < 4.78 is 5.01. The number of fused-ring (bicyclic) bond motifs is 1. The first kappa shape index (κ1) is 18.0. The Morgan fingerprint density at radius 1 is 1.11 bits per heavy atom. The van der Waals surface area contributed by atoms with Crippen LogP contribution >= 0.6 is 0 Å². The first-order valence-corrected chi connectivity index (χ1v) is 9.41. The van der Waals surface area contributed by atoms with E-state index in [-0.39, 0.29) is 5.97 Å². The number of nitrogens with zero attached hydrogens (tertiary/aromatic N) is 3. The summed E-state index contributed by atoms with van der Waals surface area (Å²) in [4.78, 5) is 22.8. The summed E-state index contributed by atoms with van der Waals surface area (Å²) in [6.45, 7) is 3.94. The highest BCUT2D eigenvalue weighted by atomic mass is 16.5. The predicted molar refractivity (Wildman–Crippen MR) is 109 cm³/mol. The Morgan fingerprint density at radius 3 is 2.68 bits per heavy atom. The van der Waals surface area contributed by atoms with Crippen LogP contribution < -0.4 is 10.2 Å². The minimum atomic E-state index is -0.316. The van der Waals surface area contributed by atoms with Gasteiger partial charge in [0.05, 0.1) is 12.2 Å². The second kappa shape index (κ2) is 8.08. The van der Waals surface area contributed by atoms with Crippen molar-refractivity contribution < 1.29 is 9.53 Å². The van der Waals surface area contributed by atoms with Crippen LogP contribution in [0.25, 0.3) is 0 Å². The van der Waals surface area contributed by atoms with E-state index in [2.05, 4.69) is 44.5 Å². The fourth-order valence-corrected chi connectivity index (χ4v) is 3.33. The number of ether oxygens (including phenoxy) is 1. The lowest BCUT2D eigenvalue weighted by Crippen LogP contribution is -2.31. The average molecular weight is 374 g/mol. The summed E-state index contributed by atoms with van der Waals surface area (Å²) in [7, 11) is 0. The number of anilines is 3. The van der Waals surface area contributed by atoms with Crippen molar-refractivity contribution in [1.29, 1.82) is 0 Å². The maximum Gasteiger partial charge on any atom is 0.338 e. The molecule has 1 aromatic heterocycles. The third-order valence-electron chi connectivity index (χ3n) is 4.78. The third kappa shape index (κ3) is 3.96. The Hall–Kier alpha value is -3.41. The number of hydrogen-bond donors (Lipinski definition) is 1. The molecule has 3 aromatic rings. The Balaban J connectivity index is 1.46. The standard InChI is InChI=1S/C22H22N4O2/c1-2-28-22(27)17-7-9-19(10-8-17)25-20-13-21(24-15-23-20)26-12-11-16-5-3-4-6-18(16)14-26/h3-10,13,15H,2,11-12,14H2,1H3,(H,23,24,25). The van der Waals surface area contributed by atoms with E-state index in [1.54, 1.807) is 25.4 Å². The van der Waals surface area contributed by atoms with E-state index in [9.17, 15) is 4.79 Å². The number of rotatable bonds is 5. The molecule has 0 unspecified atom stereocenters. The zero-order valence-electron chi connectivity index (χ0n) is 15.8. The van der Waals surface area contributed by atoms with Crippen LogP contribution in [0.5, 0.6) is 0 Å². The van der Waals surface area contributed by atoms with E-state index in [4.69, 9.17) is 4.74 Å². The van der Waals surface area contributed by atoms with Gasteiger partial charge in [-0.3, -0.25) is 0 Å². The molecule has 6 nitrogen and oxygen atoms in total. The first-order chi connectivity index (χ1) is 13.7. The molecule has 1 aliphatic heterocycles. The molecular formula is C22H22N4O2. The van der Waals surface area contributed by atoms with Crippen LogP contribution in [0, 0.1) is 0 Å². The van der Waals surface area contributed by atoms with Gasteiger partial charge in [0.15, 0.2) is 0 Å². The van der Waals surface area contributed by atoms with Gasteiger partial charge in [-0.05, 0) is 48.7 Å². The van der Waals surface area contributed by atoms with Crippen LogP contribution in [0.3, 0.4) is 0 Å². The lowest BCUT2D eigenvalue weighted by Gasteiger charge is -2.29. The summed E-state index contributed by atoms with van der Waals surface area (Å²) in [6.07, 6.45) is 2.59. The molecule has 0 spiro atoms. The van der Waals surface area contributed by atoms with Crippen LogP contribution in [-0.4, -0.2) is 29.1 Å². The van der Waals surface area contributed by atoms with Crippen molar-refractivity contribution in [2.45, 2.75) is 19.9 Å². The Kier molecular flexibility index (Phi) is 5.19. The lowest BCUT2D eigenvalue weighted by atomic mass is 10.00. The van der Waals surface area contributed by atoms with E-state index in [0.717, 1.165) is 31.0 Å². The lowest BCUT2D eigenvalue weighted by molar-refractivity contribution is 0.0526. The molecule has 0 bridgehead atoms. The summed E-state index contributed by atoms with van der Waals surface area (Å²) in [5.41, 5.74) is 4.13. The maximum atomic E-state index is 11.8. The molecule has 2 heterocycles. The Bertz CT molecular complexity index is 972. The monoisotopic (exact) mass is 374 g/mol. The number of carbonyl (C=O) groups excluding carboxylic acids is 1. The second-order valence-electron chi connectivity index (χ2n) is 6.62. The topological polar surface area (TPSA) is 67.3 Å². The number of benzene rings is 2. The Morgan fingerprint density at radius 2 is 1.89 bits per heavy atom. The number of carbonyl (C=O) groups is 1. The third-order valence-corrected chi connectivity index (χ3v) is 4.78. The molecule has 0 atom stereocenters. The fraction of sp³-hybridized carbons (Fsp3) is 0.227. The van der Waals surface area contributed by atoms with Crippen molar-refractivity contribution >= 4 is 23.3 Å². The van der Waals surface area contributed by atoms with Gasteiger partial charge in [-0.1, -0.05) is 24.3 Å². The summed E-state index contributed by atoms with van der Waals surface area (Å²) in [6, 6.07) is 17.6. The molecule has 0 radical (unpaired) electrons. The molecule has 0 fully saturated rings. The molecule has 1 aliphatic rings. The molecule has 0 saturated heterocycles. The van der Waals surface area contributed by atoms with Gasteiger partial charge in [-0.2, -0.15) is 0 Å². The summed E-state index contributed by atoms with van der Waals surface area (Å²) in [5.74, 6) is 1.30. The fourth-order valence-electron chi connectivity index (χ4n) is 3.33. The number of hydrogen-bond acceptors (Lipinski definition) is 6. The molecule has 0 amide bonds. The van der Waals surface area contributed by atoms with E-state index < -0.39 is 0 Å². The second-order valence-corrected chi connectivity index (χ2v) is 6.62. The van der Waals surface area contributed by atoms with Crippen LogP contribution in [0.15, 0.2) is 60.9 Å². The summed E-state index contributed by atoms with van der Waals surface area (Å²) in [5, 5.41) is 3.27. The van der Waals surface area contributed by atoms with Crippen molar-refractivity contribution in [2.24, 2.45) is 0 Å². The van der Waals surface area contributed by atoms with Crippen LogP contribution in [0.1, 0.15) is 28.4 Å². The van der Waals surface area contributed by atoms with E-state index in [1.165, 1.54) is 11.1 Å². The van der Waals surface area contributed by atoms with Gasteiger partial charge >= 0.3 is 5.97 Å². The van der Waals surface area contributed by atoms with Crippen LogP contribution in [0.4, 0.5) is 17.3 Å². The van der Waals surface area contributed by atoms with Gasteiger partial charge in [0.2, 0.25) is 0 Å². The van der Waals surface area contributed by atoms with E-state index in [1.807, 2.05) is 18.2 Å². The molecule has 2 aromatic carbocycles. The zero-order chi connectivity index (χ0) is 19.3. The van der Waals surface area contributed by atoms with E-state index >= 15 is 0 Å². The summed E-state index contributed by atoms with van der Waals surface area (Å²) >= 11 is 0. The molecule has 1 N–H and O–H groups in total. The molecule has 6 heteroatoms. The predicted octanol–water partition coefficient (Wildman–Crippen LogP) is 3.96. The molecule has 0 saturated carbocycles. The van der Waals surface area contributed by atoms with Gasteiger partial charge < -0.3 is 15.0 Å². The molecule has 142 valence electrons. The molecule has 0 aliphatic carbocycles. The number of aromatic nitrogens is 2. The largest absolute Gasteiger partial charge is 0.462 e.